The van der Waals surface area contributed by atoms with Gasteiger partial charge in [0.1, 0.15) is 5.82 Å². The van der Waals surface area contributed by atoms with Gasteiger partial charge >= 0.3 is 0 Å². The number of rotatable bonds is 4. The van der Waals surface area contributed by atoms with Gasteiger partial charge in [0.2, 0.25) is 0 Å². The number of aromatic nitrogens is 2. The van der Waals surface area contributed by atoms with Crippen LogP contribution < -0.4 is 0 Å². The monoisotopic (exact) mass is 389 g/mol. The molecule has 4 heterocycles. The standard InChI is InChI=1S/C24H24FN3O/c1-29-21-13-20-12-18(8-11-28(20)15-21)22-14-27-24(17-2-4-19(25)5-3-17)23(22)16-6-9-26-10-7-16/h2-7,9-10,12,14,20-21,27H,8,11,13,15H2,1H3. The summed E-state index contributed by atoms with van der Waals surface area (Å²) in [6, 6.07) is 11.2. The minimum Gasteiger partial charge on any atom is -0.380 e. The maximum atomic E-state index is 13.5. The summed E-state index contributed by atoms with van der Waals surface area (Å²) in [5, 5.41) is 0. The molecule has 1 fully saturated rings. The van der Waals surface area contributed by atoms with Crippen molar-refractivity contribution in [2.24, 2.45) is 0 Å². The number of halogens is 1. The Hall–Kier alpha value is -2.76. The van der Waals surface area contributed by atoms with E-state index in [9.17, 15) is 4.39 Å². The average Bonchev–Trinajstić information content (AvgIpc) is 3.38. The number of hydrogen-bond donors (Lipinski definition) is 1. The topological polar surface area (TPSA) is 41.1 Å². The maximum absolute atomic E-state index is 13.5. The second-order valence-electron chi connectivity index (χ2n) is 7.79. The fourth-order valence-electron chi connectivity index (χ4n) is 4.63. The summed E-state index contributed by atoms with van der Waals surface area (Å²) < 4.78 is 19.1. The molecule has 0 saturated carbocycles. The van der Waals surface area contributed by atoms with E-state index in [1.54, 1.807) is 7.11 Å². The molecule has 5 heteroatoms. The van der Waals surface area contributed by atoms with E-state index < -0.39 is 0 Å². The first-order valence-corrected chi connectivity index (χ1v) is 10.1. The summed E-state index contributed by atoms with van der Waals surface area (Å²) in [7, 11) is 1.80. The molecule has 2 aliphatic heterocycles. The summed E-state index contributed by atoms with van der Waals surface area (Å²) in [4.78, 5) is 10.2. The van der Waals surface area contributed by atoms with Crippen molar-refractivity contribution in [3.8, 4) is 22.4 Å². The maximum Gasteiger partial charge on any atom is 0.123 e. The highest BCUT2D eigenvalue weighted by atomic mass is 19.1. The summed E-state index contributed by atoms with van der Waals surface area (Å²) in [5.41, 5.74) is 6.83. The van der Waals surface area contributed by atoms with Gasteiger partial charge in [-0.1, -0.05) is 6.08 Å². The third-order valence-electron chi connectivity index (χ3n) is 6.13. The number of hydrogen-bond acceptors (Lipinski definition) is 3. The van der Waals surface area contributed by atoms with E-state index in [4.69, 9.17) is 4.74 Å². The predicted molar refractivity (Wildman–Crippen MR) is 113 cm³/mol. The van der Waals surface area contributed by atoms with E-state index in [2.05, 4.69) is 27.1 Å². The summed E-state index contributed by atoms with van der Waals surface area (Å²) in [6.45, 7) is 2.05. The minimum absolute atomic E-state index is 0.227. The Bertz CT molecular complexity index is 1030. The Morgan fingerprint density at radius 1 is 1.10 bits per heavy atom. The highest BCUT2D eigenvalue weighted by Crippen LogP contribution is 2.41. The Kier molecular flexibility index (Phi) is 4.78. The molecule has 3 aromatic rings. The molecule has 29 heavy (non-hydrogen) atoms. The van der Waals surface area contributed by atoms with Crippen molar-refractivity contribution in [1.82, 2.24) is 14.9 Å². The van der Waals surface area contributed by atoms with E-state index in [1.165, 1.54) is 23.3 Å². The number of ether oxygens (including phenoxy) is 1. The van der Waals surface area contributed by atoms with Crippen LogP contribution in [0.3, 0.4) is 0 Å². The third kappa shape index (κ3) is 3.41. The average molecular weight is 389 g/mol. The van der Waals surface area contributed by atoms with Crippen molar-refractivity contribution in [2.45, 2.75) is 25.0 Å². The number of methoxy groups -OCH3 is 1. The molecule has 148 valence electrons. The van der Waals surface area contributed by atoms with Crippen LogP contribution in [0.1, 0.15) is 18.4 Å². The zero-order valence-electron chi connectivity index (χ0n) is 16.4. The van der Waals surface area contributed by atoms with Crippen LogP contribution in [0.2, 0.25) is 0 Å². The van der Waals surface area contributed by atoms with Crippen molar-refractivity contribution in [2.75, 3.05) is 20.2 Å². The second kappa shape index (κ2) is 7.58. The lowest BCUT2D eigenvalue weighted by atomic mass is 9.90. The molecule has 2 aliphatic rings. The molecule has 4 nitrogen and oxygen atoms in total. The van der Waals surface area contributed by atoms with Gasteiger partial charge in [-0.05, 0) is 65.9 Å². The van der Waals surface area contributed by atoms with Crippen LogP contribution >= 0.6 is 0 Å². The van der Waals surface area contributed by atoms with E-state index in [1.807, 2.05) is 36.7 Å². The van der Waals surface area contributed by atoms with Gasteiger partial charge in [-0.2, -0.15) is 0 Å². The number of aromatic amines is 1. The summed E-state index contributed by atoms with van der Waals surface area (Å²) >= 11 is 0. The van der Waals surface area contributed by atoms with Crippen LogP contribution in [0.4, 0.5) is 4.39 Å². The van der Waals surface area contributed by atoms with Crippen LogP contribution in [0.15, 0.2) is 61.1 Å². The Morgan fingerprint density at radius 2 is 1.90 bits per heavy atom. The normalized spacial score (nSPS) is 21.8. The van der Waals surface area contributed by atoms with Crippen LogP contribution in [0.25, 0.3) is 28.0 Å². The van der Waals surface area contributed by atoms with Crippen molar-refractivity contribution in [1.29, 1.82) is 0 Å². The molecule has 2 atom stereocenters. The van der Waals surface area contributed by atoms with Gasteiger partial charge in [-0.25, -0.2) is 4.39 Å². The smallest absolute Gasteiger partial charge is 0.123 e. The van der Waals surface area contributed by atoms with Crippen LogP contribution in [-0.2, 0) is 4.74 Å². The molecule has 0 spiro atoms. The lowest BCUT2D eigenvalue weighted by molar-refractivity contribution is 0.108. The number of fused-ring (bicyclic) bond motifs is 1. The number of pyridine rings is 1. The molecule has 2 unspecified atom stereocenters. The van der Waals surface area contributed by atoms with Crippen LogP contribution in [0, 0.1) is 5.82 Å². The zero-order valence-corrected chi connectivity index (χ0v) is 16.4. The van der Waals surface area contributed by atoms with Crippen molar-refractivity contribution >= 4 is 5.57 Å². The van der Waals surface area contributed by atoms with Gasteiger partial charge in [-0.3, -0.25) is 9.88 Å². The van der Waals surface area contributed by atoms with Crippen LogP contribution in [-0.4, -0.2) is 47.2 Å². The quantitative estimate of drug-likeness (QED) is 0.700. The molecule has 1 saturated heterocycles. The Labute approximate surface area is 170 Å². The molecule has 0 amide bonds. The van der Waals surface area contributed by atoms with E-state index in [0.29, 0.717) is 12.1 Å². The molecule has 0 aliphatic carbocycles. The number of nitrogens with zero attached hydrogens (tertiary/aromatic N) is 2. The SMILES string of the molecule is COC1CC2C=C(c3c[nH]c(-c4ccc(F)cc4)c3-c3ccncc3)CCN2C1. The number of H-pyrrole nitrogens is 1. The van der Waals surface area contributed by atoms with Gasteiger partial charge in [0.25, 0.3) is 0 Å². The Balaban J connectivity index is 1.60. The van der Waals surface area contributed by atoms with Gasteiger partial charge < -0.3 is 9.72 Å². The van der Waals surface area contributed by atoms with Gasteiger partial charge in [0.05, 0.1) is 11.8 Å². The summed E-state index contributed by atoms with van der Waals surface area (Å²) in [6.07, 6.45) is 10.5. The van der Waals surface area contributed by atoms with Gasteiger partial charge in [-0.15, -0.1) is 0 Å². The second-order valence-corrected chi connectivity index (χ2v) is 7.79. The zero-order chi connectivity index (χ0) is 19.8. The molecular formula is C24H24FN3O. The highest BCUT2D eigenvalue weighted by molar-refractivity contribution is 5.91. The molecule has 1 N–H and O–H groups in total. The predicted octanol–water partition coefficient (Wildman–Crippen LogP) is 4.76. The lowest BCUT2D eigenvalue weighted by Gasteiger charge is -2.28. The molecular weight excluding hydrogens is 365 g/mol. The first-order chi connectivity index (χ1) is 14.2. The minimum atomic E-state index is -0.227. The molecule has 1 aromatic carbocycles. The van der Waals surface area contributed by atoms with Crippen LogP contribution in [0.5, 0.6) is 0 Å². The molecule has 5 rings (SSSR count). The van der Waals surface area contributed by atoms with Crippen molar-refractivity contribution < 1.29 is 9.13 Å². The highest BCUT2D eigenvalue weighted by Gasteiger charge is 2.34. The fraction of sp³-hybridized carbons (Fsp3) is 0.292. The Morgan fingerprint density at radius 3 is 2.66 bits per heavy atom. The molecule has 0 radical (unpaired) electrons. The van der Waals surface area contributed by atoms with Crippen molar-refractivity contribution in [3.63, 3.8) is 0 Å². The third-order valence-corrected chi connectivity index (χ3v) is 6.13. The number of benzene rings is 1. The first kappa shape index (κ1) is 18.3. The number of nitrogens with one attached hydrogen (secondary N) is 1. The molecule has 2 aromatic heterocycles. The fourth-order valence-corrected chi connectivity index (χ4v) is 4.63. The first-order valence-electron chi connectivity index (χ1n) is 10.1. The van der Waals surface area contributed by atoms with Gasteiger partial charge in [0, 0.05) is 56.0 Å². The van der Waals surface area contributed by atoms with E-state index in [-0.39, 0.29) is 5.82 Å². The summed E-state index contributed by atoms with van der Waals surface area (Å²) in [5.74, 6) is -0.227. The van der Waals surface area contributed by atoms with Gasteiger partial charge in [0.15, 0.2) is 0 Å². The lowest BCUT2D eigenvalue weighted by Crippen LogP contribution is -2.32. The van der Waals surface area contributed by atoms with E-state index in [0.717, 1.165) is 48.3 Å². The van der Waals surface area contributed by atoms with Crippen molar-refractivity contribution in [3.05, 3.63) is 72.4 Å². The largest absolute Gasteiger partial charge is 0.380 e. The van der Waals surface area contributed by atoms with E-state index >= 15 is 0 Å². The molecule has 0 bridgehead atoms.